The Balaban J connectivity index is 1.45. The molecule has 1 saturated heterocycles. The van der Waals surface area contributed by atoms with Crippen LogP contribution < -0.4 is 15.4 Å². The van der Waals surface area contributed by atoms with Crippen LogP contribution in [-0.4, -0.2) is 49.0 Å². The molecule has 2 heterocycles. The summed E-state index contributed by atoms with van der Waals surface area (Å²) in [5, 5.41) is 10.5. The van der Waals surface area contributed by atoms with E-state index >= 15 is 0 Å². The van der Waals surface area contributed by atoms with Gasteiger partial charge in [-0.05, 0) is 44.7 Å². The number of nitrogens with zero attached hydrogens (tertiary/aromatic N) is 3. The predicted octanol–water partition coefficient (Wildman–Crippen LogP) is 2.54. The van der Waals surface area contributed by atoms with Crippen LogP contribution in [0.4, 0.5) is 0 Å². The third-order valence-electron chi connectivity index (χ3n) is 4.77. The highest BCUT2D eigenvalue weighted by Gasteiger charge is 2.17. The number of aryl methyl sites for hydroxylation is 3. The zero-order valence-corrected chi connectivity index (χ0v) is 17.5. The van der Waals surface area contributed by atoms with Gasteiger partial charge in [-0.1, -0.05) is 17.3 Å². The first-order chi connectivity index (χ1) is 14.1. The molecule has 2 aromatic rings. The van der Waals surface area contributed by atoms with E-state index in [-0.39, 0.29) is 6.10 Å². The summed E-state index contributed by atoms with van der Waals surface area (Å²) in [4.78, 5) is 8.50. The number of nitrogens with one attached hydrogen (secondary N) is 2. The summed E-state index contributed by atoms with van der Waals surface area (Å²) in [6.45, 7) is 6.71. The highest BCUT2D eigenvalue weighted by atomic mass is 16.5. The summed E-state index contributed by atoms with van der Waals surface area (Å²) < 4.78 is 16.9. The van der Waals surface area contributed by atoms with Crippen LogP contribution in [0.3, 0.4) is 0 Å². The zero-order valence-electron chi connectivity index (χ0n) is 17.5. The Morgan fingerprint density at radius 2 is 2.21 bits per heavy atom. The van der Waals surface area contributed by atoms with Crippen molar-refractivity contribution in [1.29, 1.82) is 0 Å². The van der Waals surface area contributed by atoms with Crippen LogP contribution in [0.25, 0.3) is 0 Å². The zero-order chi connectivity index (χ0) is 20.5. The molecule has 3 rings (SSSR count). The Bertz CT molecular complexity index is 799. The number of ether oxygens (including phenoxy) is 2. The number of aromatic nitrogens is 2. The number of hydrogen-bond acceptors (Lipinski definition) is 6. The molecule has 0 spiro atoms. The molecule has 1 atom stereocenters. The second-order valence-corrected chi connectivity index (χ2v) is 7.25. The van der Waals surface area contributed by atoms with Gasteiger partial charge in [0.25, 0.3) is 0 Å². The first-order valence-electron chi connectivity index (χ1n) is 10.2. The van der Waals surface area contributed by atoms with Crippen molar-refractivity contribution in [3.8, 4) is 5.75 Å². The highest BCUT2D eigenvalue weighted by molar-refractivity contribution is 5.79. The van der Waals surface area contributed by atoms with Crippen LogP contribution in [0.15, 0.2) is 27.7 Å². The molecule has 0 amide bonds. The van der Waals surface area contributed by atoms with Crippen LogP contribution >= 0.6 is 0 Å². The van der Waals surface area contributed by atoms with Crippen LogP contribution in [0.5, 0.6) is 5.75 Å². The maximum absolute atomic E-state index is 6.07. The molecule has 8 nitrogen and oxygen atoms in total. The van der Waals surface area contributed by atoms with Crippen LogP contribution in [0, 0.1) is 13.8 Å². The number of guanidine groups is 1. The lowest BCUT2D eigenvalue weighted by molar-refractivity contribution is 0.0676. The lowest BCUT2D eigenvalue weighted by atomic mass is 10.1. The quantitative estimate of drug-likeness (QED) is 0.379. The molecule has 2 N–H and O–H groups in total. The lowest BCUT2D eigenvalue weighted by Crippen LogP contribution is -2.37. The van der Waals surface area contributed by atoms with Crippen molar-refractivity contribution < 1.29 is 14.0 Å². The minimum atomic E-state index is 0.202. The molecule has 0 radical (unpaired) electrons. The number of aliphatic imine (C=N–C) groups is 1. The first kappa shape index (κ1) is 21.1. The Morgan fingerprint density at radius 3 is 2.93 bits per heavy atom. The van der Waals surface area contributed by atoms with Crippen LogP contribution in [-0.2, 0) is 17.7 Å². The van der Waals surface area contributed by atoms with Gasteiger partial charge in [-0.25, -0.2) is 0 Å². The van der Waals surface area contributed by atoms with Gasteiger partial charge in [0.15, 0.2) is 11.8 Å². The predicted molar refractivity (Wildman–Crippen MR) is 111 cm³/mol. The molecule has 1 aliphatic heterocycles. The van der Waals surface area contributed by atoms with Gasteiger partial charge < -0.3 is 24.6 Å². The van der Waals surface area contributed by atoms with Crippen molar-refractivity contribution in [3.05, 3.63) is 41.0 Å². The van der Waals surface area contributed by atoms with Crippen molar-refractivity contribution >= 4 is 5.96 Å². The van der Waals surface area contributed by atoms with Crippen molar-refractivity contribution in [2.75, 3.05) is 26.8 Å². The molecule has 8 heteroatoms. The number of hydrogen-bond donors (Lipinski definition) is 2. The summed E-state index contributed by atoms with van der Waals surface area (Å²) in [6.07, 6.45) is 4.00. The van der Waals surface area contributed by atoms with Gasteiger partial charge in [-0.3, -0.25) is 4.99 Å². The van der Waals surface area contributed by atoms with E-state index in [1.165, 1.54) is 5.56 Å². The first-order valence-corrected chi connectivity index (χ1v) is 10.2. The molecule has 0 bridgehead atoms. The van der Waals surface area contributed by atoms with E-state index in [0.717, 1.165) is 56.1 Å². The SMILES string of the molecule is CN=C(NCCCc1nc(C)no1)NCc1ccc(C)cc1OCC1CCCO1. The largest absolute Gasteiger partial charge is 0.491 e. The number of rotatable bonds is 9. The molecule has 1 fully saturated rings. The fourth-order valence-corrected chi connectivity index (χ4v) is 3.19. The fraction of sp³-hybridized carbons (Fsp3) is 0.571. The third-order valence-corrected chi connectivity index (χ3v) is 4.77. The Kier molecular flexibility index (Phi) is 7.86. The van der Waals surface area contributed by atoms with Gasteiger partial charge in [0.05, 0.1) is 6.10 Å². The van der Waals surface area contributed by atoms with Crippen molar-refractivity contribution in [3.63, 3.8) is 0 Å². The van der Waals surface area contributed by atoms with Gasteiger partial charge in [0, 0.05) is 38.7 Å². The van der Waals surface area contributed by atoms with E-state index in [1.807, 2.05) is 6.92 Å². The number of benzene rings is 1. The van der Waals surface area contributed by atoms with E-state index in [2.05, 4.69) is 50.9 Å². The minimum absolute atomic E-state index is 0.202. The fourth-order valence-electron chi connectivity index (χ4n) is 3.19. The van der Waals surface area contributed by atoms with Gasteiger partial charge in [-0.2, -0.15) is 4.98 Å². The van der Waals surface area contributed by atoms with E-state index in [9.17, 15) is 0 Å². The Labute approximate surface area is 172 Å². The average molecular weight is 402 g/mol. The maximum Gasteiger partial charge on any atom is 0.226 e. The topological polar surface area (TPSA) is 93.8 Å². The van der Waals surface area contributed by atoms with Crippen molar-refractivity contribution in [2.24, 2.45) is 4.99 Å². The second-order valence-electron chi connectivity index (χ2n) is 7.25. The van der Waals surface area contributed by atoms with Crippen molar-refractivity contribution in [2.45, 2.75) is 52.2 Å². The molecule has 1 unspecified atom stereocenters. The monoisotopic (exact) mass is 401 g/mol. The van der Waals surface area contributed by atoms with E-state index < -0.39 is 0 Å². The van der Waals surface area contributed by atoms with Crippen molar-refractivity contribution in [1.82, 2.24) is 20.8 Å². The molecule has 1 aliphatic rings. The molecular weight excluding hydrogens is 370 g/mol. The summed E-state index contributed by atoms with van der Waals surface area (Å²) in [6, 6.07) is 6.27. The second kappa shape index (κ2) is 10.8. The molecular formula is C21H31N5O3. The van der Waals surface area contributed by atoms with Gasteiger partial charge in [-0.15, -0.1) is 0 Å². The highest BCUT2D eigenvalue weighted by Crippen LogP contribution is 2.22. The molecule has 158 valence electrons. The smallest absolute Gasteiger partial charge is 0.226 e. The lowest BCUT2D eigenvalue weighted by Gasteiger charge is -2.17. The molecule has 0 saturated carbocycles. The third kappa shape index (κ3) is 6.74. The van der Waals surface area contributed by atoms with E-state index in [4.69, 9.17) is 14.0 Å². The summed E-state index contributed by atoms with van der Waals surface area (Å²) in [5.41, 5.74) is 2.27. The molecule has 1 aromatic heterocycles. The Morgan fingerprint density at radius 1 is 1.31 bits per heavy atom. The summed E-state index contributed by atoms with van der Waals surface area (Å²) in [5.74, 6) is 2.98. The van der Waals surface area contributed by atoms with Crippen LogP contribution in [0.2, 0.25) is 0 Å². The van der Waals surface area contributed by atoms with Gasteiger partial charge >= 0.3 is 0 Å². The van der Waals surface area contributed by atoms with Gasteiger partial charge in [0.1, 0.15) is 12.4 Å². The normalized spacial score (nSPS) is 16.8. The Hall–Kier alpha value is -2.61. The minimum Gasteiger partial charge on any atom is -0.491 e. The summed E-state index contributed by atoms with van der Waals surface area (Å²) >= 11 is 0. The van der Waals surface area contributed by atoms with E-state index in [1.54, 1.807) is 7.05 Å². The van der Waals surface area contributed by atoms with Gasteiger partial charge in [0.2, 0.25) is 5.89 Å². The maximum atomic E-state index is 6.07. The molecule has 1 aromatic carbocycles. The van der Waals surface area contributed by atoms with E-state index in [0.29, 0.717) is 24.9 Å². The molecule has 29 heavy (non-hydrogen) atoms. The summed E-state index contributed by atoms with van der Waals surface area (Å²) in [7, 11) is 1.76. The standard InChI is InChI=1S/C21H31N5O3/c1-15-8-9-17(19(12-15)28-14-18-6-5-11-27-18)13-24-21(22-3)23-10-4-7-20-25-16(2)26-29-20/h8-9,12,18H,4-7,10-11,13-14H2,1-3H3,(H2,22,23,24). The van der Waals surface area contributed by atoms with Crippen LogP contribution in [0.1, 0.15) is 42.1 Å². The average Bonchev–Trinajstić information content (AvgIpc) is 3.38. The molecule has 0 aliphatic carbocycles.